The molecule has 1 aromatic rings. The van der Waals surface area contributed by atoms with Crippen LogP contribution in [-0.2, 0) is 6.42 Å². The van der Waals surface area contributed by atoms with E-state index in [1.54, 1.807) is 13.1 Å². The van der Waals surface area contributed by atoms with Crippen molar-refractivity contribution < 1.29 is 19.0 Å². The van der Waals surface area contributed by atoms with Crippen molar-refractivity contribution in [2.24, 2.45) is 0 Å². The molecule has 15 heavy (non-hydrogen) atoms. The number of ether oxygens (including phenoxy) is 2. The molecule has 0 radical (unpaired) electrons. The van der Waals surface area contributed by atoms with Crippen LogP contribution >= 0.6 is 0 Å². The van der Waals surface area contributed by atoms with Crippen molar-refractivity contribution in [2.75, 3.05) is 20.4 Å². The van der Waals surface area contributed by atoms with E-state index in [1.807, 2.05) is 0 Å². The first kappa shape index (κ1) is 10.0. The third-order valence-corrected chi connectivity index (χ3v) is 2.30. The van der Waals surface area contributed by atoms with Gasteiger partial charge in [0.15, 0.2) is 11.5 Å². The molecule has 2 rings (SSSR count). The van der Waals surface area contributed by atoms with Gasteiger partial charge in [-0.1, -0.05) is 0 Å². The van der Waals surface area contributed by atoms with Gasteiger partial charge in [0, 0.05) is 5.56 Å². The number of benzene rings is 1. The standard InChI is InChI=1S/C10H12FNO3/c1-12-3-2-6-4-7-10(15-5-14-7)8(11)9(6)13/h4,12-13H,2-3,5H2,1H3. The van der Waals surface area contributed by atoms with Crippen LogP contribution in [0.25, 0.3) is 0 Å². The Hall–Kier alpha value is -1.49. The molecule has 0 unspecified atom stereocenters. The van der Waals surface area contributed by atoms with Crippen molar-refractivity contribution in [3.05, 3.63) is 17.4 Å². The summed E-state index contributed by atoms with van der Waals surface area (Å²) in [5.74, 6) is -0.734. The van der Waals surface area contributed by atoms with Gasteiger partial charge in [-0.2, -0.15) is 4.39 Å². The molecule has 0 atom stereocenters. The summed E-state index contributed by atoms with van der Waals surface area (Å²) in [5.41, 5.74) is 0.520. The van der Waals surface area contributed by atoms with Gasteiger partial charge < -0.3 is 19.9 Å². The first-order valence-corrected chi connectivity index (χ1v) is 4.68. The maximum atomic E-state index is 13.5. The van der Waals surface area contributed by atoms with Crippen molar-refractivity contribution in [1.82, 2.24) is 5.32 Å². The zero-order chi connectivity index (χ0) is 10.8. The number of likely N-dealkylation sites (N-methyl/N-ethyl adjacent to an activating group) is 1. The van der Waals surface area contributed by atoms with Crippen LogP contribution < -0.4 is 14.8 Å². The summed E-state index contributed by atoms with van der Waals surface area (Å²) in [4.78, 5) is 0. The smallest absolute Gasteiger partial charge is 0.231 e. The molecule has 0 fully saturated rings. The highest BCUT2D eigenvalue weighted by molar-refractivity contribution is 5.52. The van der Waals surface area contributed by atoms with Crippen molar-refractivity contribution in [3.8, 4) is 17.2 Å². The van der Waals surface area contributed by atoms with E-state index in [0.717, 1.165) is 0 Å². The third kappa shape index (κ3) is 1.70. The maximum Gasteiger partial charge on any atom is 0.231 e. The summed E-state index contributed by atoms with van der Waals surface area (Å²) in [5, 5.41) is 12.5. The highest BCUT2D eigenvalue weighted by Gasteiger charge is 2.24. The average molecular weight is 213 g/mol. The molecule has 4 nitrogen and oxygen atoms in total. The quantitative estimate of drug-likeness (QED) is 0.787. The molecule has 2 N–H and O–H groups in total. The topological polar surface area (TPSA) is 50.7 Å². The number of phenolic OH excluding ortho intramolecular Hbond substituents is 1. The zero-order valence-corrected chi connectivity index (χ0v) is 8.34. The number of fused-ring (bicyclic) bond motifs is 1. The Labute approximate surface area is 86.6 Å². The van der Waals surface area contributed by atoms with Crippen LogP contribution in [0.1, 0.15) is 5.56 Å². The maximum absolute atomic E-state index is 13.5. The second kappa shape index (κ2) is 3.94. The normalized spacial score (nSPS) is 13.2. The van der Waals surface area contributed by atoms with E-state index < -0.39 is 5.82 Å². The van der Waals surface area contributed by atoms with E-state index in [-0.39, 0.29) is 18.3 Å². The lowest BCUT2D eigenvalue weighted by molar-refractivity contribution is 0.170. The summed E-state index contributed by atoms with van der Waals surface area (Å²) in [7, 11) is 1.79. The van der Waals surface area contributed by atoms with Crippen LogP contribution in [0.2, 0.25) is 0 Å². The van der Waals surface area contributed by atoms with E-state index in [1.165, 1.54) is 0 Å². The van der Waals surface area contributed by atoms with Crippen LogP contribution in [0.4, 0.5) is 4.39 Å². The number of hydrogen-bond donors (Lipinski definition) is 2. The van der Waals surface area contributed by atoms with Crippen molar-refractivity contribution in [2.45, 2.75) is 6.42 Å². The fourth-order valence-electron chi connectivity index (χ4n) is 1.49. The molecule has 1 aromatic carbocycles. The van der Waals surface area contributed by atoms with Gasteiger partial charge in [0.25, 0.3) is 0 Å². The number of nitrogens with one attached hydrogen (secondary N) is 1. The van der Waals surface area contributed by atoms with Crippen LogP contribution in [0.15, 0.2) is 6.07 Å². The Morgan fingerprint density at radius 3 is 3.07 bits per heavy atom. The monoisotopic (exact) mass is 213 g/mol. The van der Waals surface area contributed by atoms with E-state index in [2.05, 4.69) is 5.32 Å². The Balaban J connectivity index is 2.36. The minimum absolute atomic E-state index is 0.000655. The number of phenols is 1. The Morgan fingerprint density at radius 1 is 1.53 bits per heavy atom. The summed E-state index contributed by atoms with van der Waals surface area (Å²) < 4.78 is 23.5. The van der Waals surface area contributed by atoms with Gasteiger partial charge in [0.05, 0.1) is 0 Å². The van der Waals surface area contributed by atoms with E-state index in [4.69, 9.17) is 9.47 Å². The Kier molecular flexibility index (Phi) is 2.64. The predicted octanol–water partition coefficient (Wildman–Crippen LogP) is 1.02. The van der Waals surface area contributed by atoms with Gasteiger partial charge in [-0.25, -0.2) is 0 Å². The van der Waals surface area contributed by atoms with Gasteiger partial charge in [-0.15, -0.1) is 0 Å². The van der Waals surface area contributed by atoms with Crippen molar-refractivity contribution in [3.63, 3.8) is 0 Å². The van der Waals surface area contributed by atoms with Crippen LogP contribution in [0.5, 0.6) is 17.2 Å². The Morgan fingerprint density at radius 2 is 2.33 bits per heavy atom. The fourth-order valence-corrected chi connectivity index (χ4v) is 1.49. The highest BCUT2D eigenvalue weighted by atomic mass is 19.1. The van der Waals surface area contributed by atoms with Gasteiger partial charge >= 0.3 is 0 Å². The molecule has 0 aliphatic carbocycles. The molecule has 1 heterocycles. The molecule has 0 saturated heterocycles. The number of aromatic hydroxyl groups is 1. The zero-order valence-electron chi connectivity index (χ0n) is 8.34. The minimum Gasteiger partial charge on any atom is -0.505 e. The molecule has 0 amide bonds. The summed E-state index contributed by atoms with van der Waals surface area (Å²) in [6.45, 7) is 0.661. The first-order chi connectivity index (χ1) is 7.24. The molecule has 0 saturated carbocycles. The summed E-state index contributed by atoms with van der Waals surface area (Å²) >= 11 is 0. The Bertz CT molecular complexity index is 381. The van der Waals surface area contributed by atoms with E-state index >= 15 is 0 Å². The summed E-state index contributed by atoms with van der Waals surface area (Å²) in [6, 6.07) is 1.61. The predicted molar refractivity (Wildman–Crippen MR) is 51.8 cm³/mol. The largest absolute Gasteiger partial charge is 0.505 e. The van der Waals surface area contributed by atoms with Gasteiger partial charge in [0.2, 0.25) is 18.4 Å². The molecule has 5 heteroatoms. The van der Waals surface area contributed by atoms with E-state index in [9.17, 15) is 9.50 Å². The molecule has 1 aliphatic heterocycles. The van der Waals surface area contributed by atoms with Crippen LogP contribution in [-0.4, -0.2) is 25.5 Å². The fraction of sp³-hybridized carbons (Fsp3) is 0.400. The molecule has 0 bridgehead atoms. The second-order valence-electron chi connectivity index (χ2n) is 3.29. The molecule has 82 valence electrons. The van der Waals surface area contributed by atoms with Gasteiger partial charge in [0.1, 0.15) is 0 Å². The molecule has 1 aliphatic rings. The van der Waals surface area contributed by atoms with Gasteiger partial charge in [-0.3, -0.25) is 0 Å². The van der Waals surface area contributed by atoms with Gasteiger partial charge in [-0.05, 0) is 26.1 Å². The summed E-state index contributed by atoms with van der Waals surface area (Å²) in [6.07, 6.45) is 0.538. The number of halogens is 1. The van der Waals surface area contributed by atoms with Crippen molar-refractivity contribution >= 4 is 0 Å². The third-order valence-electron chi connectivity index (χ3n) is 2.30. The lowest BCUT2D eigenvalue weighted by Crippen LogP contribution is -2.10. The highest BCUT2D eigenvalue weighted by Crippen LogP contribution is 2.41. The number of rotatable bonds is 3. The molecular formula is C10H12FNO3. The molecular weight excluding hydrogens is 201 g/mol. The van der Waals surface area contributed by atoms with Crippen LogP contribution in [0, 0.1) is 5.82 Å². The first-order valence-electron chi connectivity index (χ1n) is 4.68. The number of hydrogen-bond acceptors (Lipinski definition) is 4. The van der Waals surface area contributed by atoms with Crippen LogP contribution in [0.3, 0.4) is 0 Å². The van der Waals surface area contributed by atoms with Crippen molar-refractivity contribution in [1.29, 1.82) is 0 Å². The minimum atomic E-state index is -0.740. The molecule has 0 spiro atoms. The SMILES string of the molecule is CNCCc1cc2c(c(F)c1O)OCO2. The molecule has 0 aromatic heterocycles. The second-order valence-corrected chi connectivity index (χ2v) is 3.29. The average Bonchev–Trinajstić information content (AvgIpc) is 2.69. The lowest BCUT2D eigenvalue weighted by Gasteiger charge is -2.07. The lowest BCUT2D eigenvalue weighted by atomic mass is 10.1. The van der Waals surface area contributed by atoms with E-state index in [0.29, 0.717) is 24.3 Å².